The van der Waals surface area contributed by atoms with Gasteiger partial charge in [0.15, 0.2) is 0 Å². The number of esters is 2. The second kappa shape index (κ2) is 7.14. The first kappa shape index (κ1) is 18.5. The maximum absolute atomic E-state index is 12.6. The quantitative estimate of drug-likeness (QED) is 0.722. The number of carbonyl (C=O) groups excluding carboxylic acids is 2. The van der Waals surface area contributed by atoms with E-state index in [1.165, 1.54) is 7.11 Å². The fraction of sp³-hybridized carbons (Fsp3) is 0.200. The molecule has 1 aliphatic heterocycles. The summed E-state index contributed by atoms with van der Waals surface area (Å²) in [5.74, 6) is -1.18. The van der Waals surface area contributed by atoms with Crippen LogP contribution >= 0.6 is 23.2 Å². The van der Waals surface area contributed by atoms with E-state index >= 15 is 0 Å². The van der Waals surface area contributed by atoms with Crippen molar-refractivity contribution in [2.24, 2.45) is 0 Å². The summed E-state index contributed by atoms with van der Waals surface area (Å²) >= 11 is 12.0. The van der Waals surface area contributed by atoms with Gasteiger partial charge in [-0.3, -0.25) is 0 Å². The molecule has 4 nitrogen and oxygen atoms in total. The molecule has 134 valence electrons. The molecule has 6 heteroatoms. The number of hydrogen-bond donors (Lipinski definition) is 0. The molecule has 0 aliphatic carbocycles. The first-order valence-electron chi connectivity index (χ1n) is 7.91. The third-order valence-corrected chi connectivity index (χ3v) is 5.06. The molecule has 0 amide bonds. The Kier molecular flexibility index (Phi) is 5.08. The summed E-state index contributed by atoms with van der Waals surface area (Å²) in [7, 11) is 1.26. The molecule has 0 radical (unpaired) electrons. The van der Waals surface area contributed by atoms with Gasteiger partial charge in [0.05, 0.1) is 17.2 Å². The van der Waals surface area contributed by atoms with E-state index in [9.17, 15) is 9.59 Å². The van der Waals surface area contributed by atoms with Gasteiger partial charge < -0.3 is 9.47 Å². The standard InChI is InChI=1S/C20H16Cl2O4/c1-20(19(24)25-2)17(13-6-4-3-5-7-13)14(18(23)26-20)10-12-8-9-15(21)16(22)11-12/h3-9,11H,10H2,1-2H3. The summed E-state index contributed by atoms with van der Waals surface area (Å²) in [5, 5.41) is 0.828. The lowest BCUT2D eigenvalue weighted by molar-refractivity contribution is -0.166. The summed E-state index contributed by atoms with van der Waals surface area (Å²) in [4.78, 5) is 25.0. The lowest BCUT2D eigenvalue weighted by atomic mass is 9.86. The molecular weight excluding hydrogens is 375 g/mol. The first-order valence-corrected chi connectivity index (χ1v) is 8.67. The lowest BCUT2D eigenvalue weighted by Crippen LogP contribution is -2.38. The molecule has 0 aromatic heterocycles. The Morgan fingerprint density at radius 2 is 1.81 bits per heavy atom. The number of rotatable bonds is 4. The van der Waals surface area contributed by atoms with Crippen molar-refractivity contribution in [3.8, 4) is 0 Å². The van der Waals surface area contributed by atoms with Crippen LogP contribution in [-0.4, -0.2) is 24.6 Å². The highest BCUT2D eigenvalue weighted by atomic mass is 35.5. The third kappa shape index (κ3) is 3.22. The van der Waals surface area contributed by atoms with E-state index < -0.39 is 17.5 Å². The molecule has 0 N–H and O–H groups in total. The van der Waals surface area contributed by atoms with E-state index in [-0.39, 0.29) is 6.42 Å². The van der Waals surface area contributed by atoms with Crippen LogP contribution in [0.25, 0.3) is 5.57 Å². The van der Waals surface area contributed by atoms with Crippen molar-refractivity contribution in [3.05, 3.63) is 75.3 Å². The van der Waals surface area contributed by atoms with Crippen molar-refractivity contribution in [2.75, 3.05) is 7.11 Å². The SMILES string of the molecule is COC(=O)C1(C)OC(=O)C(Cc2ccc(Cl)c(Cl)c2)=C1c1ccccc1. The molecular formula is C20H16Cl2O4. The van der Waals surface area contributed by atoms with Gasteiger partial charge in [0.25, 0.3) is 0 Å². The van der Waals surface area contributed by atoms with Crippen LogP contribution < -0.4 is 0 Å². The zero-order chi connectivity index (χ0) is 18.9. The highest BCUT2D eigenvalue weighted by molar-refractivity contribution is 6.42. The molecule has 0 saturated carbocycles. The summed E-state index contributed by atoms with van der Waals surface area (Å²) in [5.41, 5.74) is 0.900. The van der Waals surface area contributed by atoms with Gasteiger partial charge in [0.1, 0.15) is 0 Å². The van der Waals surface area contributed by atoms with Gasteiger partial charge in [-0.25, -0.2) is 9.59 Å². The Bertz CT molecular complexity index is 905. The fourth-order valence-electron chi connectivity index (χ4n) is 3.10. The van der Waals surface area contributed by atoms with Crippen LogP contribution in [-0.2, 0) is 25.5 Å². The summed E-state index contributed by atoms with van der Waals surface area (Å²) in [6.07, 6.45) is 0.256. The van der Waals surface area contributed by atoms with E-state index in [4.69, 9.17) is 32.7 Å². The molecule has 26 heavy (non-hydrogen) atoms. The summed E-state index contributed by atoms with van der Waals surface area (Å²) in [6, 6.07) is 14.3. The molecule has 0 saturated heterocycles. The third-order valence-electron chi connectivity index (χ3n) is 4.32. The highest BCUT2D eigenvalue weighted by Gasteiger charge is 2.51. The topological polar surface area (TPSA) is 52.6 Å². The van der Waals surface area contributed by atoms with Gasteiger partial charge in [-0.1, -0.05) is 59.6 Å². The molecule has 2 aromatic rings. The largest absolute Gasteiger partial charge is 0.466 e. The van der Waals surface area contributed by atoms with E-state index in [1.807, 2.05) is 30.3 Å². The highest BCUT2D eigenvalue weighted by Crippen LogP contribution is 2.42. The predicted octanol–water partition coefficient (Wildman–Crippen LogP) is 4.48. The molecule has 1 atom stereocenters. The second-order valence-corrected chi connectivity index (χ2v) is 6.87. The van der Waals surface area contributed by atoms with Gasteiger partial charge in [0.2, 0.25) is 5.60 Å². The first-order chi connectivity index (χ1) is 12.4. The van der Waals surface area contributed by atoms with Crippen LogP contribution in [0.3, 0.4) is 0 Å². The van der Waals surface area contributed by atoms with Crippen LogP contribution in [0.4, 0.5) is 0 Å². The molecule has 1 unspecified atom stereocenters. The van der Waals surface area contributed by atoms with Crippen molar-refractivity contribution >= 4 is 40.7 Å². The number of methoxy groups -OCH3 is 1. The fourth-order valence-corrected chi connectivity index (χ4v) is 3.42. The molecule has 1 aliphatic rings. The zero-order valence-electron chi connectivity index (χ0n) is 14.2. The monoisotopic (exact) mass is 390 g/mol. The summed E-state index contributed by atoms with van der Waals surface area (Å²) in [6.45, 7) is 1.54. The van der Waals surface area contributed by atoms with Crippen LogP contribution in [0.15, 0.2) is 54.1 Å². The number of hydrogen-bond acceptors (Lipinski definition) is 4. The van der Waals surface area contributed by atoms with Gasteiger partial charge >= 0.3 is 11.9 Å². The van der Waals surface area contributed by atoms with Gasteiger partial charge in [-0.2, -0.15) is 0 Å². The van der Waals surface area contributed by atoms with Crippen molar-refractivity contribution in [1.29, 1.82) is 0 Å². The molecule has 0 fully saturated rings. The van der Waals surface area contributed by atoms with Gasteiger partial charge in [-0.15, -0.1) is 0 Å². The Morgan fingerprint density at radius 3 is 2.42 bits per heavy atom. The maximum atomic E-state index is 12.6. The average Bonchev–Trinajstić information content (AvgIpc) is 2.89. The number of cyclic esters (lactones) is 1. The van der Waals surface area contributed by atoms with Crippen LogP contribution in [0.5, 0.6) is 0 Å². The van der Waals surface area contributed by atoms with Crippen LogP contribution in [0.1, 0.15) is 18.1 Å². The number of benzene rings is 2. The second-order valence-electron chi connectivity index (χ2n) is 6.06. The Balaban J connectivity index is 2.15. The average molecular weight is 391 g/mol. The van der Waals surface area contributed by atoms with Crippen LogP contribution in [0, 0.1) is 0 Å². The van der Waals surface area contributed by atoms with Crippen molar-refractivity contribution < 1.29 is 19.1 Å². The Hall–Kier alpha value is -2.30. The molecule has 1 heterocycles. The minimum Gasteiger partial charge on any atom is -0.466 e. The number of halogens is 2. The molecule has 0 spiro atoms. The van der Waals surface area contributed by atoms with Crippen molar-refractivity contribution in [1.82, 2.24) is 0 Å². The minimum absolute atomic E-state index is 0.256. The molecule has 0 bridgehead atoms. The van der Waals surface area contributed by atoms with E-state index in [0.717, 1.165) is 11.1 Å². The molecule has 3 rings (SSSR count). The normalized spacial score (nSPS) is 19.5. The van der Waals surface area contributed by atoms with E-state index in [0.29, 0.717) is 21.2 Å². The zero-order valence-corrected chi connectivity index (χ0v) is 15.7. The van der Waals surface area contributed by atoms with Crippen molar-refractivity contribution in [3.63, 3.8) is 0 Å². The Labute approximate surface area is 161 Å². The van der Waals surface area contributed by atoms with E-state index in [1.54, 1.807) is 25.1 Å². The smallest absolute Gasteiger partial charge is 0.354 e. The maximum Gasteiger partial charge on any atom is 0.354 e. The molecule has 2 aromatic carbocycles. The summed E-state index contributed by atoms with van der Waals surface area (Å²) < 4.78 is 10.3. The van der Waals surface area contributed by atoms with Crippen LogP contribution in [0.2, 0.25) is 10.0 Å². The minimum atomic E-state index is -1.50. The van der Waals surface area contributed by atoms with E-state index in [2.05, 4.69) is 0 Å². The van der Waals surface area contributed by atoms with Gasteiger partial charge in [-0.05, 0) is 30.2 Å². The van der Waals surface area contributed by atoms with Gasteiger partial charge in [0, 0.05) is 17.6 Å². The number of carbonyl (C=O) groups is 2. The number of ether oxygens (including phenoxy) is 2. The van der Waals surface area contributed by atoms with Crippen molar-refractivity contribution in [2.45, 2.75) is 18.9 Å². The lowest BCUT2D eigenvalue weighted by Gasteiger charge is -2.23. The Morgan fingerprint density at radius 1 is 1.12 bits per heavy atom. The predicted molar refractivity (Wildman–Crippen MR) is 100 cm³/mol.